The van der Waals surface area contributed by atoms with Gasteiger partial charge in [0.1, 0.15) is 0 Å². The smallest absolute Gasteiger partial charge is 0.0760 e. The zero-order chi connectivity index (χ0) is 46.2. The Morgan fingerprint density at radius 1 is 0.304 bits per heavy atom. The number of rotatable bonds is 5. The van der Waals surface area contributed by atoms with E-state index in [0.717, 1.165) is 5.69 Å². The molecule has 0 bridgehead atoms. The summed E-state index contributed by atoms with van der Waals surface area (Å²) < 4.78 is 0. The lowest BCUT2D eigenvalue weighted by atomic mass is 9.63. The van der Waals surface area contributed by atoms with Gasteiger partial charge < -0.3 is 4.90 Å². The molecule has 1 aliphatic heterocycles. The number of nitrogens with zero attached hydrogens (tertiary/aromatic N) is 1. The number of fused-ring (bicyclic) bond motifs is 15. The van der Waals surface area contributed by atoms with E-state index >= 15 is 0 Å². The molecule has 1 unspecified atom stereocenters. The molecule has 10 aromatic carbocycles. The standard InChI is InChI=1S/C68H51N/c1-66(2)55-33-13-11-27-48(55)54-42-43(40-41-57(54)66)63(53-32-21-30-51-46-25-10-14-34-56(46)67(3,4)64(51)53)49-28-9-8-24-45(49)50-29-20-31-52-47-26-12-15-35-58(47)68(65(50)52)59-36-16-18-38-61(59)69(44-22-6-5-7-23-44)62-39-19-17-37-60(62)68/h5-42,63H,1-4H3. The van der Waals surface area contributed by atoms with E-state index in [1.54, 1.807) is 0 Å². The van der Waals surface area contributed by atoms with E-state index in [1.807, 2.05) is 0 Å². The minimum absolute atomic E-state index is 0.0824. The van der Waals surface area contributed by atoms with Crippen LogP contribution in [-0.2, 0) is 16.2 Å². The Hall–Kier alpha value is -8.00. The summed E-state index contributed by atoms with van der Waals surface area (Å²) in [5, 5.41) is 0. The third kappa shape index (κ3) is 5.31. The van der Waals surface area contributed by atoms with Crippen molar-refractivity contribution in [3.63, 3.8) is 0 Å². The molecule has 1 nitrogen and oxygen atoms in total. The summed E-state index contributed by atoms with van der Waals surface area (Å²) in [6.45, 7) is 9.65. The molecule has 328 valence electrons. The van der Waals surface area contributed by atoms with Crippen LogP contribution in [0.4, 0.5) is 17.1 Å². The predicted octanol–water partition coefficient (Wildman–Crippen LogP) is 17.3. The number of para-hydroxylation sites is 3. The largest absolute Gasteiger partial charge is 0.310 e. The molecule has 1 heterocycles. The Morgan fingerprint density at radius 2 is 0.739 bits per heavy atom. The van der Waals surface area contributed by atoms with Gasteiger partial charge in [0.2, 0.25) is 0 Å². The number of anilines is 3. The van der Waals surface area contributed by atoms with Gasteiger partial charge in [-0.25, -0.2) is 0 Å². The third-order valence-electron chi connectivity index (χ3n) is 16.6. The van der Waals surface area contributed by atoms with Crippen LogP contribution < -0.4 is 4.90 Å². The number of hydrogen-bond acceptors (Lipinski definition) is 1. The first-order chi connectivity index (χ1) is 33.8. The molecule has 0 N–H and O–H groups in total. The van der Waals surface area contributed by atoms with Gasteiger partial charge in [-0.15, -0.1) is 0 Å². The number of hydrogen-bond donors (Lipinski definition) is 0. The highest BCUT2D eigenvalue weighted by Crippen LogP contribution is 2.65. The molecular weight excluding hydrogens is 831 g/mol. The molecule has 1 spiro atoms. The van der Waals surface area contributed by atoms with Gasteiger partial charge in [0.15, 0.2) is 0 Å². The van der Waals surface area contributed by atoms with Gasteiger partial charge in [0.25, 0.3) is 0 Å². The zero-order valence-corrected chi connectivity index (χ0v) is 39.5. The lowest BCUT2D eigenvalue weighted by molar-refractivity contribution is 0.648. The number of benzene rings is 10. The van der Waals surface area contributed by atoms with Crippen molar-refractivity contribution < 1.29 is 0 Å². The van der Waals surface area contributed by atoms with Gasteiger partial charge in [-0.3, -0.25) is 0 Å². The van der Waals surface area contributed by atoms with E-state index in [-0.39, 0.29) is 16.7 Å². The topological polar surface area (TPSA) is 3.24 Å². The van der Waals surface area contributed by atoms with Gasteiger partial charge >= 0.3 is 0 Å². The maximum absolute atomic E-state index is 2.55. The lowest BCUT2D eigenvalue weighted by Gasteiger charge is -2.45. The van der Waals surface area contributed by atoms with Crippen LogP contribution in [0.3, 0.4) is 0 Å². The minimum Gasteiger partial charge on any atom is -0.310 e. The highest BCUT2D eigenvalue weighted by Gasteiger charge is 2.53. The van der Waals surface area contributed by atoms with Crippen LogP contribution in [0, 0.1) is 0 Å². The second kappa shape index (κ2) is 14.5. The fraction of sp³-hybridized carbons (Fsp3) is 0.118. The van der Waals surface area contributed by atoms with Crippen LogP contribution in [0.1, 0.15) is 94.8 Å². The Kier molecular flexibility index (Phi) is 8.43. The maximum atomic E-state index is 2.55. The van der Waals surface area contributed by atoms with Gasteiger partial charge in [0, 0.05) is 22.4 Å². The maximum Gasteiger partial charge on any atom is 0.0760 e. The molecular formula is C68H51N. The molecule has 1 atom stereocenters. The molecule has 0 amide bonds. The van der Waals surface area contributed by atoms with Crippen molar-refractivity contribution in [2.45, 2.75) is 49.9 Å². The summed E-state index contributed by atoms with van der Waals surface area (Å²) in [7, 11) is 0. The second-order valence-electron chi connectivity index (χ2n) is 20.7. The van der Waals surface area contributed by atoms with E-state index in [2.05, 4.69) is 263 Å². The lowest BCUT2D eigenvalue weighted by Crippen LogP contribution is -2.36. The summed E-state index contributed by atoms with van der Waals surface area (Å²) >= 11 is 0. The molecule has 3 aliphatic carbocycles. The van der Waals surface area contributed by atoms with Crippen molar-refractivity contribution in [3.05, 3.63) is 292 Å². The molecule has 4 aliphatic rings. The first-order valence-corrected chi connectivity index (χ1v) is 24.6. The molecule has 0 fully saturated rings. The fourth-order valence-corrected chi connectivity index (χ4v) is 13.8. The molecule has 69 heavy (non-hydrogen) atoms. The van der Waals surface area contributed by atoms with E-state index in [0.29, 0.717) is 0 Å². The average molecular weight is 882 g/mol. The Bertz CT molecular complexity index is 3710. The molecule has 0 saturated carbocycles. The Morgan fingerprint density at radius 3 is 1.41 bits per heavy atom. The van der Waals surface area contributed by atoms with Crippen molar-refractivity contribution in [3.8, 4) is 44.5 Å². The van der Waals surface area contributed by atoms with Crippen molar-refractivity contribution >= 4 is 17.1 Å². The molecule has 0 saturated heterocycles. The zero-order valence-electron chi connectivity index (χ0n) is 39.5. The van der Waals surface area contributed by atoms with Crippen molar-refractivity contribution in [1.29, 1.82) is 0 Å². The SMILES string of the molecule is CC1(C)c2ccccc2-c2cc(C(c3ccccc3-c3cccc4c3C3(c5ccccc5-4)c4ccccc4N(c4ccccc4)c4ccccc43)c3cccc4c3C(C)(C)c3ccccc3-4)ccc21. The van der Waals surface area contributed by atoms with Gasteiger partial charge in [-0.05, 0) is 136 Å². The summed E-state index contributed by atoms with van der Waals surface area (Å²) in [5.41, 5.74) is 28.0. The van der Waals surface area contributed by atoms with Crippen molar-refractivity contribution in [2.75, 3.05) is 4.90 Å². The first kappa shape index (κ1) is 40.1. The van der Waals surface area contributed by atoms with E-state index in [9.17, 15) is 0 Å². The first-order valence-electron chi connectivity index (χ1n) is 24.6. The van der Waals surface area contributed by atoms with E-state index in [1.165, 1.54) is 117 Å². The quantitative estimate of drug-likeness (QED) is 0.156. The van der Waals surface area contributed by atoms with Crippen LogP contribution >= 0.6 is 0 Å². The van der Waals surface area contributed by atoms with Crippen LogP contribution in [-0.4, -0.2) is 0 Å². The van der Waals surface area contributed by atoms with E-state index < -0.39 is 5.41 Å². The highest BCUT2D eigenvalue weighted by atomic mass is 15.2. The van der Waals surface area contributed by atoms with E-state index in [4.69, 9.17) is 0 Å². The van der Waals surface area contributed by atoms with Crippen LogP contribution in [0.5, 0.6) is 0 Å². The second-order valence-corrected chi connectivity index (χ2v) is 20.7. The molecule has 10 aromatic rings. The normalized spacial score (nSPS) is 15.8. The van der Waals surface area contributed by atoms with Crippen LogP contribution in [0.15, 0.2) is 231 Å². The average Bonchev–Trinajstić information content (AvgIpc) is 3.92. The monoisotopic (exact) mass is 881 g/mol. The van der Waals surface area contributed by atoms with Crippen LogP contribution in [0.2, 0.25) is 0 Å². The Balaban J connectivity index is 1.07. The third-order valence-corrected chi connectivity index (χ3v) is 16.6. The highest BCUT2D eigenvalue weighted by molar-refractivity contribution is 5.99. The Labute approximate surface area is 406 Å². The molecule has 14 rings (SSSR count). The summed E-state index contributed by atoms with van der Waals surface area (Å²) in [4.78, 5) is 2.48. The predicted molar refractivity (Wildman–Crippen MR) is 286 cm³/mol. The van der Waals surface area contributed by atoms with Crippen molar-refractivity contribution in [2.24, 2.45) is 0 Å². The fourth-order valence-electron chi connectivity index (χ4n) is 13.8. The van der Waals surface area contributed by atoms with Gasteiger partial charge in [0.05, 0.1) is 16.8 Å². The summed E-state index contributed by atoms with van der Waals surface area (Å²) in [6.07, 6.45) is 0. The summed E-state index contributed by atoms with van der Waals surface area (Å²) in [5.74, 6) is -0.0824. The van der Waals surface area contributed by atoms with Crippen molar-refractivity contribution in [1.82, 2.24) is 0 Å². The summed E-state index contributed by atoms with van der Waals surface area (Å²) in [6, 6.07) is 87.7. The molecule has 0 radical (unpaired) electrons. The minimum atomic E-state index is -0.607. The molecule has 1 heteroatoms. The molecule has 0 aromatic heterocycles. The van der Waals surface area contributed by atoms with Crippen LogP contribution in [0.25, 0.3) is 44.5 Å². The van der Waals surface area contributed by atoms with Gasteiger partial charge in [-0.1, -0.05) is 228 Å². The van der Waals surface area contributed by atoms with Gasteiger partial charge in [-0.2, -0.15) is 0 Å².